The van der Waals surface area contributed by atoms with Crippen LogP contribution < -0.4 is 5.32 Å². The van der Waals surface area contributed by atoms with Gasteiger partial charge in [0, 0.05) is 37.7 Å². The summed E-state index contributed by atoms with van der Waals surface area (Å²) in [7, 11) is 0. The van der Waals surface area contributed by atoms with Gasteiger partial charge >= 0.3 is 0 Å². The van der Waals surface area contributed by atoms with Crippen molar-refractivity contribution < 1.29 is 9.53 Å². The number of hydrogen-bond donors (Lipinski definition) is 1. The molecule has 1 N–H and O–H groups in total. The van der Waals surface area contributed by atoms with Crippen molar-refractivity contribution in [1.29, 1.82) is 0 Å². The molecule has 3 rings (SSSR count). The highest BCUT2D eigenvalue weighted by Crippen LogP contribution is 2.32. The summed E-state index contributed by atoms with van der Waals surface area (Å²) in [5.74, 6) is 0.794. The van der Waals surface area contributed by atoms with Gasteiger partial charge in [-0.2, -0.15) is 0 Å². The molecule has 0 radical (unpaired) electrons. The maximum atomic E-state index is 12.1. The highest BCUT2D eigenvalue weighted by Gasteiger charge is 2.35. The minimum Gasteiger partial charge on any atom is -0.378 e. The number of carbonyl (C=O) groups is 1. The molecule has 2 saturated heterocycles. The number of nitrogens with zero attached hydrogens (tertiary/aromatic N) is 1. The molecule has 0 bridgehead atoms. The number of nitrogens with one attached hydrogen (secondary N) is 1. The molecule has 0 spiro atoms. The zero-order valence-electron chi connectivity index (χ0n) is 13.4. The summed E-state index contributed by atoms with van der Waals surface area (Å²) in [4.78, 5) is 14.2. The van der Waals surface area contributed by atoms with E-state index in [0.717, 1.165) is 58.2 Å². The van der Waals surface area contributed by atoms with E-state index in [-0.39, 0.29) is 0 Å². The molecule has 0 aromatic carbocycles. The molecule has 2 aliphatic heterocycles. The Morgan fingerprint density at radius 2 is 1.90 bits per heavy atom. The predicted octanol–water partition coefficient (Wildman–Crippen LogP) is 2.32. The van der Waals surface area contributed by atoms with Gasteiger partial charge in [0.25, 0.3) is 0 Å². The van der Waals surface area contributed by atoms with E-state index >= 15 is 0 Å². The van der Waals surface area contributed by atoms with E-state index in [1.807, 2.05) is 0 Å². The molecule has 3 aliphatic rings. The lowest BCUT2D eigenvalue weighted by Gasteiger charge is -2.37. The average molecular weight is 294 g/mol. The van der Waals surface area contributed by atoms with Crippen molar-refractivity contribution in [2.75, 3.05) is 19.7 Å². The van der Waals surface area contributed by atoms with Crippen LogP contribution in [0.4, 0.5) is 0 Å². The Bertz CT molecular complexity index is 347. The van der Waals surface area contributed by atoms with Gasteiger partial charge in [-0.25, -0.2) is 0 Å². The quantitative estimate of drug-likeness (QED) is 0.846. The van der Waals surface area contributed by atoms with Crippen LogP contribution in [0.2, 0.25) is 0 Å². The van der Waals surface area contributed by atoms with Gasteiger partial charge in [-0.05, 0) is 44.9 Å². The van der Waals surface area contributed by atoms with E-state index in [4.69, 9.17) is 4.74 Å². The van der Waals surface area contributed by atoms with Crippen LogP contribution in [0.3, 0.4) is 0 Å². The van der Waals surface area contributed by atoms with Crippen LogP contribution in [-0.2, 0) is 9.53 Å². The fourth-order valence-corrected chi connectivity index (χ4v) is 3.74. The highest BCUT2D eigenvalue weighted by atomic mass is 16.5. The fraction of sp³-hybridized carbons (Fsp3) is 0.941. The first-order valence-corrected chi connectivity index (χ1v) is 8.92. The van der Waals surface area contributed by atoms with Crippen molar-refractivity contribution in [3.8, 4) is 0 Å². The molecule has 1 saturated carbocycles. The minimum atomic E-state index is 0.375. The Balaban J connectivity index is 1.39. The first kappa shape index (κ1) is 15.3. The molecule has 120 valence electrons. The fourth-order valence-electron chi connectivity index (χ4n) is 3.74. The highest BCUT2D eigenvalue weighted by molar-refractivity contribution is 5.81. The van der Waals surface area contributed by atoms with E-state index in [1.165, 1.54) is 12.8 Å². The minimum absolute atomic E-state index is 0.375. The molecule has 2 unspecified atom stereocenters. The number of rotatable bonds is 5. The third-order valence-electron chi connectivity index (χ3n) is 5.18. The molecule has 3 fully saturated rings. The summed E-state index contributed by atoms with van der Waals surface area (Å²) < 4.78 is 5.83. The third-order valence-corrected chi connectivity index (χ3v) is 5.18. The van der Waals surface area contributed by atoms with Gasteiger partial charge in [-0.3, -0.25) is 4.79 Å². The molecule has 4 nitrogen and oxygen atoms in total. The van der Waals surface area contributed by atoms with Crippen molar-refractivity contribution in [2.24, 2.45) is 5.92 Å². The predicted molar refractivity (Wildman–Crippen MR) is 83.1 cm³/mol. The number of hydrogen-bond acceptors (Lipinski definition) is 3. The van der Waals surface area contributed by atoms with Gasteiger partial charge in [-0.1, -0.05) is 13.3 Å². The molecule has 0 aromatic heterocycles. The second-order valence-electron chi connectivity index (χ2n) is 7.04. The Kier molecular flexibility index (Phi) is 5.17. The smallest absolute Gasteiger partial charge is 0.225 e. The van der Waals surface area contributed by atoms with Gasteiger partial charge < -0.3 is 15.0 Å². The summed E-state index contributed by atoms with van der Waals surface area (Å²) >= 11 is 0. The van der Waals surface area contributed by atoms with E-state index in [9.17, 15) is 4.79 Å². The van der Waals surface area contributed by atoms with Crippen LogP contribution in [0.5, 0.6) is 0 Å². The van der Waals surface area contributed by atoms with Crippen LogP contribution >= 0.6 is 0 Å². The molecule has 2 atom stereocenters. The molecule has 0 aromatic rings. The van der Waals surface area contributed by atoms with Crippen LogP contribution in [0.25, 0.3) is 0 Å². The van der Waals surface area contributed by atoms with Gasteiger partial charge in [0.15, 0.2) is 0 Å². The normalized spacial score (nSPS) is 31.4. The second-order valence-corrected chi connectivity index (χ2v) is 7.04. The van der Waals surface area contributed by atoms with Crippen LogP contribution in [0, 0.1) is 5.92 Å². The largest absolute Gasteiger partial charge is 0.378 e. The third kappa shape index (κ3) is 4.19. The van der Waals surface area contributed by atoms with Crippen LogP contribution in [-0.4, -0.2) is 48.7 Å². The number of piperidine rings is 1. The van der Waals surface area contributed by atoms with E-state index in [0.29, 0.717) is 30.0 Å². The zero-order chi connectivity index (χ0) is 14.7. The monoisotopic (exact) mass is 294 g/mol. The molecule has 21 heavy (non-hydrogen) atoms. The summed E-state index contributed by atoms with van der Waals surface area (Å²) in [6.07, 6.45) is 9.64. The van der Waals surface area contributed by atoms with Gasteiger partial charge in [0.2, 0.25) is 5.91 Å². The van der Waals surface area contributed by atoms with E-state index < -0.39 is 0 Å². The van der Waals surface area contributed by atoms with Gasteiger partial charge in [0.05, 0.1) is 6.10 Å². The summed E-state index contributed by atoms with van der Waals surface area (Å²) in [6, 6.07) is 1.21. The first-order chi connectivity index (χ1) is 10.3. The maximum Gasteiger partial charge on any atom is 0.225 e. The summed E-state index contributed by atoms with van der Waals surface area (Å²) in [5.41, 5.74) is 0. The Morgan fingerprint density at radius 1 is 1.14 bits per heavy atom. The number of amides is 1. The molecule has 4 heteroatoms. The molecule has 2 heterocycles. The Morgan fingerprint density at radius 3 is 2.57 bits per heavy atom. The van der Waals surface area contributed by atoms with Crippen molar-refractivity contribution in [2.45, 2.75) is 76.5 Å². The Labute approximate surface area is 128 Å². The number of carbonyl (C=O) groups excluding carboxylic acids is 1. The maximum absolute atomic E-state index is 12.1. The lowest BCUT2D eigenvalue weighted by molar-refractivity contribution is -0.133. The first-order valence-electron chi connectivity index (χ1n) is 8.92. The van der Waals surface area contributed by atoms with Crippen molar-refractivity contribution in [3.05, 3.63) is 0 Å². The molecule has 1 aliphatic carbocycles. The average Bonchev–Trinajstić information content (AvgIpc) is 3.33. The Hall–Kier alpha value is -0.610. The number of ether oxygens (including phenoxy) is 1. The van der Waals surface area contributed by atoms with Gasteiger partial charge in [-0.15, -0.1) is 0 Å². The lowest BCUT2D eigenvalue weighted by atomic mass is 9.97. The van der Waals surface area contributed by atoms with Crippen molar-refractivity contribution >= 4 is 5.91 Å². The zero-order valence-corrected chi connectivity index (χ0v) is 13.4. The second kappa shape index (κ2) is 7.10. The standard InChI is InChI=1S/C17H30N2O2/c1-2-3-16-12-15(8-11-21-16)18-14-6-9-19(10-7-14)17(20)13-4-5-13/h13-16,18H,2-12H2,1H3. The lowest BCUT2D eigenvalue weighted by Crippen LogP contribution is -2.50. The van der Waals surface area contributed by atoms with Crippen LogP contribution in [0.1, 0.15) is 58.3 Å². The van der Waals surface area contributed by atoms with E-state index in [2.05, 4.69) is 17.1 Å². The molecular weight excluding hydrogens is 264 g/mol. The van der Waals surface area contributed by atoms with Crippen molar-refractivity contribution in [3.63, 3.8) is 0 Å². The molecular formula is C17H30N2O2. The summed E-state index contributed by atoms with van der Waals surface area (Å²) in [6.45, 7) is 5.04. The van der Waals surface area contributed by atoms with Gasteiger partial charge in [0.1, 0.15) is 0 Å². The number of likely N-dealkylation sites (tertiary alicyclic amines) is 1. The summed E-state index contributed by atoms with van der Waals surface area (Å²) in [5, 5.41) is 3.83. The molecule has 1 amide bonds. The SMILES string of the molecule is CCCC1CC(NC2CCN(C(=O)C3CC3)CC2)CCO1. The van der Waals surface area contributed by atoms with E-state index in [1.54, 1.807) is 0 Å². The van der Waals surface area contributed by atoms with Crippen LogP contribution in [0.15, 0.2) is 0 Å². The van der Waals surface area contributed by atoms with Crippen molar-refractivity contribution in [1.82, 2.24) is 10.2 Å². The topological polar surface area (TPSA) is 41.6 Å².